The van der Waals surface area contributed by atoms with E-state index < -0.39 is 6.04 Å². The van der Waals surface area contributed by atoms with E-state index in [1.54, 1.807) is 0 Å². The van der Waals surface area contributed by atoms with Crippen LogP contribution in [-0.2, 0) is 24.4 Å². The number of amides is 1. The number of hydrogen-bond acceptors (Lipinski definition) is 3. The fraction of sp³-hybridized carbons (Fsp3) is 0.412. The second-order valence-electron chi connectivity index (χ2n) is 11.9. The van der Waals surface area contributed by atoms with Crippen molar-refractivity contribution < 1.29 is 4.79 Å². The summed E-state index contributed by atoms with van der Waals surface area (Å²) in [6, 6.07) is 31.0. The first-order valence-corrected chi connectivity index (χ1v) is 14.9. The molecule has 0 heterocycles. The lowest BCUT2D eigenvalue weighted by atomic mass is 9.85. The zero-order valence-corrected chi connectivity index (χ0v) is 24.9. The molecule has 1 saturated carbocycles. The predicted octanol–water partition coefficient (Wildman–Crippen LogP) is 6.20. The summed E-state index contributed by atoms with van der Waals surface area (Å²) < 4.78 is 0. The van der Waals surface area contributed by atoms with Gasteiger partial charge in [-0.15, -0.1) is 0 Å². The molecule has 5 nitrogen and oxygen atoms in total. The summed E-state index contributed by atoms with van der Waals surface area (Å²) in [5.41, 5.74) is 3.15. The molecule has 3 atom stereocenters. The van der Waals surface area contributed by atoms with E-state index in [1.165, 1.54) is 18.4 Å². The van der Waals surface area contributed by atoms with E-state index in [0.29, 0.717) is 24.2 Å². The van der Waals surface area contributed by atoms with Crippen molar-refractivity contribution in [3.8, 4) is 0 Å². The molecule has 4 rings (SSSR count). The Bertz CT molecular complexity index is 1160. The second kappa shape index (κ2) is 14.4. The number of rotatable bonds is 10. The lowest BCUT2D eigenvalue weighted by Gasteiger charge is -2.38. The van der Waals surface area contributed by atoms with Gasteiger partial charge in [-0.25, -0.2) is 0 Å². The van der Waals surface area contributed by atoms with Gasteiger partial charge in [0, 0.05) is 31.7 Å². The van der Waals surface area contributed by atoms with Crippen molar-refractivity contribution in [3.05, 3.63) is 108 Å². The fourth-order valence-corrected chi connectivity index (χ4v) is 5.65. The highest BCUT2D eigenvalue weighted by atomic mass is 32.1. The minimum absolute atomic E-state index is 0.0479. The molecule has 212 valence electrons. The van der Waals surface area contributed by atoms with E-state index in [2.05, 4.69) is 85.3 Å². The van der Waals surface area contributed by atoms with Gasteiger partial charge >= 0.3 is 0 Å². The molecule has 1 fully saturated rings. The van der Waals surface area contributed by atoms with Gasteiger partial charge in [0.15, 0.2) is 5.11 Å². The molecule has 0 aromatic heterocycles. The van der Waals surface area contributed by atoms with Gasteiger partial charge in [0.1, 0.15) is 6.04 Å². The van der Waals surface area contributed by atoms with Crippen molar-refractivity contribution in [2.24, 2.45) is 5.41 Å². The molecule has 1 aliphatic carbocycles. The summed E-state index contributed by atoms with van der Waals surface area (Å²) in [5.74, 6) is 0.0479. The first-order valence-electron chi connectivity index (χ1n) is 14.5. The molecule has 0 bridgehead atoms. The van der Waals surface area contributed by atoms with Gasteiger partial charge in [-0.1, -0.05) is 125 Å². The molecule has 40 heavy (non-hydrogen) atoms. The average Bonchev–Trinajstić information content (AvgIpc) is 2.96. The molecule has 6 heteroatoms. The van der Waals surface area contributed by atoms with Gasteiger partial charge in [0.05, 0.1) is 0 Å². The van der Waals surface area contributed by atoms with Crippen LogP contribution in [0.15, 0.2) is 91.0 Å². The predicted molar refractivity (Wildman–Crippen MR) is 169 cm³/mol. The van der Waals surface area contributed by atoms with Crippen LogP contribution >= 0.6 is 12.2 Å². The van der Waals surface area contributed by atoms with Crippen molar-refractivity contribution in [1.82, 2.24) is 20.9 Å². The average molecular weight is 557 g/mol. The molecule has 0 radical (unpaired) electrons. The summed E-state index contributed by atoms with van der Waals surface area (Å²) in [6.45, 7) is 8.20. The van der Waals surface area contributed by atoms with E-state index in [9.17, 15) is 4.79 Å². The number of nitrogens with zero attached hydrogens (tertiary/aromatic N) is 1. The van der Waals surface area contributed by atoms with Crippen molar-refractivity contribution in [2.45, 2.75) is 84.2 Å². The molecule has 0 saturated heterocycles. The number of nitrogens with one attached hydrogen (secondary N) is 3. The van der Waals surface area contributed by atoms with E-state index in [4.69, 9.17) is 12.2 Å². The Morgan fingerprint density at radius 3 is 1.77 bits per heavy atom. The monoisotopic (exact) mass is 556 g/mol. The Hall–Kier alpha value is -3.22. The molecule has 1 unspecified atom stereocenters. The van der Waals surface area contributed by atoms with Crippen molar-refractivity contribution in [1.29, 1.82) is 0 Å². The fourth-order valence-electron chi connectivity index (χ4n) is 5.38. The zero-order chi connectivity index (χ0) is 28.4. The zero-order valence-electron chi connectivity index (χ0n) is 24.1. The van der Waals surface area contributed by atoms with Gasteiger partial charge < -0.3 is 20.9 Å². The van der Waals surface area contributed by atoms with Gasteiger partial charge in [-0.2, -0.15) is 0 Å². The van der Waals surface area contributed by atoms with Crippen LogP contribution in [0.4, 0.5) is 0 Å². The maximum Gasteiger partial charge on any atom is 0.246 e. The molecule has 1 aliphatic rings. The minimum atomic E-state index is -0.473. The van der Waals surface area contributed by atoms with Gasteiger partial charge in [0.2, 0.25) is 5.91 Å². The van der Waals surface area contributed by atoms with Crippen LogP contribution in [-0.4, -0.2) is 34.0 Å². The van der Waals surface area contributed by atoms with E-state index >= 15 is 0 Å². The van der Waals surface area contributed by atoms with Crippen molar-refractivity contribution in [3.63, 3.8) is 0 Å². The summed E-state index contributed by atoms with van der Waals surface area (Å²) >= 11 is 5.86. The van der Waals surface area contributed by atoms with E-state index in [1.807, 2.05) is 47.4 Å². The smallest absolute Gasteiger partial charge is 0.246 e. The van der Waals surface area contributed by atoms with Crippen LogP contribution in [0.25, 0.3) is 0 Å². The molecular weight excluding hydrogens is 512 g/mol. The SMILES string of the molecule is CC(C)(C)C(NC(=S)N[C@H]1CCCC[C@@H]1NCc1ccccc1)C(=O)N(Cc1ccccc1)Cc1ccccc1. The largest absolute Gasteiger partial charge is 0.358 e. The maximum absolute atomic E-state index is 14.2. The number of hydrogen-bond donors (Lipinski definition) is 3. The van der Waals surface area contributed by atoms with Crippen LogP contribution in [0.2, 0.25) is 0 Å². The summed E-state index contributed by atoms with van der Waals surface area (Å²) in [4.78, 5) is 16.2. The Kier molecular flexibility index (Phi) is 10.7. The molecule has 3 N–H and O–H groups in total. The van der Waals surface area contributed by atoms with Gasteiger partial charge in [0.25, 0.3) is 0 Å². The van der Waals surface area contributed by atoms with Crippen molar-refractivity contribution >= 4 is 23.2 Å². The standard InChI is InChI=1S/C34H44N4OS/c1-34(2,3)31(32(39)38(24-27-17-9-5-10-18-27)25-28-19-11-6-12-20-28)37-33(40)36-30-22-14-13-21-29(30)35-23-26-15-7-4-8-16-26/h4-12,15-20,29-31,35H,13-14,21-25H2,1-3H3,(H2,36,37,40)/t29-,30-,31?/m0/s1. The Labute approximate surface area is 245 Å². The van der Waals surface area contributed by atoms with Crippen LogP contribution in [0.1, 0.15) is 63.1 Å². The Morgan fingerprint density at radius 1 is 0.800 bits per heavy atom. The van der Waals surface area contributed by atoms with Crippen LogP contribution in [0.5, 0.6) is 0 Å². The second-order valence-corrected chi connectivity index (χ2v) is 12.4. The molecule has 0 spiro atoms. The minimum Gasteiger partial charge on any atom is -0.358 e. The molecular formula is C34H44N4OS. The van der Waals surface area contributed by atoms with Crippen LogP contribution in [0, 0.1) is 5.41 Å². The number of thiocarbonyl (C=S) groups is 1. The van der Waals surface area contributed by atoms with Crippen molar-refractivity contribution in [2.75, 3.05) is 0 Å². The normalized spacial score (nSPS) is 18.0. The van der Waals surface area contributed by atoms with Gasteiger partial charge in [-0.05, 0) is 47.2 Å². The molecule has 0 aliphatic heterocycles. The van der Waals surface area contributed by atoms with Crippen LogP contribution in [0.3, 0.4) is 0 Å². The third-order valence-corrected chi connectivity index (χ3v) is 7.86. The molecule has 1 amide bonds. The van der Waals surface area contributed by atoms with Crippen LogP contribution < -0.4 is 16.0 Å². The third kappa shape index (κ3) is 8.90. The highest BCUT2D eigenvalue weighted by Gasteiger charge is 2.36. The first kappa shape index (κ1) is 29.8. The summed E-state index contributed by atoms with van der Waals surface area (Å²) in [7, 11) is 0. The summed E-state index contributed by atoms with van der Waals surface area (Å²) in [5, 5.41) is 11.3. The number of carbonyl (C=O) groups is 1. The topological polar surface area (TPSA) is 56.4 Å². The lowest BCUT2D eigenvalue weighted by Crippen LogP contribution is -2.59. The lowest BCUT2D eigenvalue weighted by molar-refractivity contribution is -0.137. The highest BCUT2D eigenvalue weighted by Crippen LogP contribution is 2.24. The summed E-state index contributed by atoms with van der Waals surface area (Å²) in [6.07, 6.45) is 4.54. The third-order valence-electron chi connectivity index (χ3n) is 7.63. The van der Waals surface area contributed by atoms with E-state index in [0.717, 1.165) is 30.5 Å². The Balaban J connectivity index is 1.45. The van der Waals surface area contributed by atoms with Gasteiger partial charge in [-0.3, -0.25) is 4.79 Å². The first-order chi connectivity index (χ1) is 19.3. The molecule has 3 aromatic carbocycles. The maximum atomic E-state index is 14.2. The quantitative estimate of drug-likeness (QED) is 0.260. The molecule has 3 aromatic rings. The number of carbonyl (C=O) groups excluding carboxylic acids is 1. The highest BCUT2D eigenvalue weighted by molar-refractivity contribution is 7.80. The Morgan fingerprint density at radius 2 is 1.27 bits per heavy atom. The van der Waals surface area contributed by atoms with E-state index in [-0.39, 0.29) is 17.4 Å². The number of benzene rings is 3.